The van der Waals surface area contributed by atoms with Crippen molar-refractivity contribution in [1.29, 1.82) is 0 Å². The van der Waals surface area contributed by atoms with Crippen LogP contribution in [0.4, 0.5) is 0 Å². The lowest BCUT2D eigenvalue weighted by molar-refractivity contribution is 0.0446. The smallest absolute Gasteiger partial charge is 0.182 e. The lowest BCUT2D eigenvalue weighted by Crippen LogP contribution is -2.54. The fourth-order valence-electron chi connectivity index (χ4n) is 3.96. The lowest BCUT2D eigenvalue weighted by atomic mass is 10.00. The Balaban J connectivity index is 1.72. The van der Waals surface area contributed by atoms with Gasteiger partial charge in [-0.25, -0.2) is 0 Å². The van der Waals surface area contributed by atoms with E-state index < -0.39 is 0 Å². The SMILES string of the molecule is CCC(CO)N1CCN(C(C)C(=O)c2c(C)[nH]c3ccccc23)CC1. The highest BCUT2D eigenvalue weighted by Crippen LogP contribution is 2.25. The van der Waals surface area contributed by atoms with Crippen molar-refractivity contribution in [2.45, 2.75) is 39.3 Å². The van der Waals surface area contributed by atoms with Crippen molar-refractivity contribution in [3.05, 3.63) is 35.5 Å². The van der Waals surface area contributed by atoms with Crippen LogP contribution in [0.5, 0.6) is 0 Å². The monoisotopic (exact) mass is 343 g/mol. The number of Topliss-reactive ketones (excluding diaryl/α,β-unsaturated/α-hetero) is 1. The maximum absolute atomic E-state index is 13.2. The van der Waals surface area contributed by atoms with Crippen molar-refractivity contribution in [2.24, 2.45) is 0 Å². The lowest BCUT2D eigenvalue weighted by Gasteiger charge is -2.40. The van der Waals surface area contributed by atoms with E-state index >= 15 is 0 Å². The van der Waals surface area contributed by atoms with Crippen LogP contribution in [0.1, 0.15) is 36.3 Å². The number of benzene rings is 1. The molecule has 1 fully saturated rings. The standard InChI is InChI=1S/C20H29N3O2/c1-4-16(13-24)23-11-9-22(10-12-23)15(3)20(25)19-14(2)21-18-8-6-5-7-17(18)19/h5-8,15-16,21,24H,4,9-13H2,1-3H3. The second kappa shape index (κ2) is 7.68. The van der Waals surface area contributed by atoms with Crippen LogP contribution in [0.3, 0.4) is 0 Å². The number of rotatable bonds is 6. The number of H-pyrrole nitrogens is 1. The third kappa shape index (κ3) is 3.50. The Morgan fingerprint density at radius 3 is 2.48 bits per heavy atom. The number of carbonyl (C=O) groups is 1. The molecule has 1 aliphatic heterocycles. The summed E-state index contributed by atoms with van der Waals surface area (Å²) in [6.07, 6.45) is 0.958. The van der Waals surface area contributed by atoms with Crippen LogP contribution in [0.2, 0.25) is 0 Å². The van der Waals surface area contributed by atoms with Crippen LogP contribution in [0.25, 0.3) is 10.9 Å². The molecule has 0 bridgehead atoms. The van der Waals surface area contributed by atoms with Gasteiger partial charge in [-0.15, -0.1) is 0 Å². The zero-order chi connectivity index (χ0) is 18.0. The van der Waals surface area contributed by atoms with Crippen molar-refractivity contribution >= 4 is 16.7 Å². The summed E-state index contributed by atoms with van der Waals surface area (Å²) in [6, 6.07) is 8.11. The van der Waals surface area contributed by atoms with E-state index in [1.165, 1.54) is 0 Å². The molecule has 1 aliphatic rings. The summed E-state index contributed by atoms with van der Waals surface area (Å²) in [6.45, 7) is 9.86. The summed E-state index contributed by atoms with van der Waals surface area (Å²) in [4.78, 5) is 21.1. The third-order valence-corrected chi connectivity index (χ3v) is 5.61. The number of piperazine rings is 1. The second-order valence-corrected chi connectivity index (χ2v) is 7.03. The highest BCUT2D eigenvalue weighted by Gasteiger charge is 2.30. The normalized spacial score (nSPS) is 19.2. The van der Waals surface area contributed by atoms with Crippen molar-refractivity contribution in [3.8, 4) is 0 Å². The van der Waals surface area contributed by atoms with Gasteiger partial charge >= 0.3 is 0 Å². The number of nitrogens with zero attached hydrogens (tertiary/aromatic N) is 2. The number of aromatic nitrogens is 1. The summed E-state index contributed by atoms with van der Waals surface area (Å²) in [5.41, 5.74) is 2.80. The molecule has 5 heteroatoms. The van der Waals surface area contributed by atoms with Gasteiger partial charge < -0.3 is 10.1 Å². The van der Waals surface area contributed by atoms with E-state index in [4.69, 9.17) is 0 Å². The number of fused-ring (bicyclic) bond motifs is 1. The zero-order valence-electron chi connectivity index (χ0n) is 15.5. The summed E-state index contributed by atoms with van der Waals surface area (Å²) in [5.74, 6) is 0.192. The Morgan fingerprint density at radius 1 is 1.20 bits per heavy atom. The van der Waals surface area contributed by atoms with Gasteiger partial charge in [0.2, 0.25) is 0 Å². The molecular formula is C20H29N3O2. The third-order valence-electron chi connectivity index (χ3n) is 5.61. The number of aromatic amines is 1. The molecule has 1 aromatic heterocycles. The number of aryl methyl sites for hydroxylation is 1. The average Bonchev–Trinajstić information content (AvgIpc) is 2.98. The highest BCUT2D eigenvalue weighted by atomic mass is 16.3. The van der Waals surface area contributed by atoms with Gasteiger partial charge in [0.1, 0.15) is 0 Å². The minimum atomic E-state index is -0.130. The van der Waals surface area contributed by atoms with E-state index in [0.29, 0.717) is 0 Å². The van der Waals surface area contributed by atoms with Crippen molar-refractivity contribution in [1.82, 2.24) is 14.8 Å². The molecule has 0 saturated carbocycles. The molecule has 5 nitrogen and oxygen atoms in total. The molecule has 0 radical (unpaired) electrons. The molecule has 0 amide bonds. The maximum atomic E-state index is 13.2. The highest BCUT2D eigenvalue weighted by molar-refractivity contribution is 6.11. The van der Waals surface area contributed by atoms with Gasteiger partial charge in [0, 0.05) is 54.4 Å². The molecule has 2 aromatic rings. The number of nitrogens with one attached hydrogen (secondary N) is 1. The van der Waals surface area contributed by atoms with E-state index in [-0.39, 0.29) is 24.5 Å². The molecule has 1 aromatic carbocycles. The molecule has 0 aliphatic carbocycles. The molecule has 2 atom stereocenters. The zero-order valence-corrected chi connectivity index (χ0v) is 15.5. The fourth-order valence-corrected chi connectivity index (χ4v) is 3.96. The predicted octanol–water partition coefficient (Wildman–Crippen LogP) is 2.44. The summed E-state index contributed by atoms with van der Waals surface area (Å²) in [7, 11) is 0. The van der Waals surface area contributed by atoms with Gasteiger partial charge in [0.05, 0.1) is 12.6 Å². The maximum Gasteiger partial charge on any atom is 0.182 e. The van der Waals surface area contributed by atoms with Crippen LogP contribution in [-0.4, -0.2) is 70.5 Å². The van der Waals surface area contributed by atoms with Crippen LogP contribution < -0.4 is 0 Å². The van der Waals surface area contributed by atoms with Gasteiger partial charge in [-0.05, 0) is 26.3 Å². The Morgan fingerprint density at radius 2 is 1.84 bits per heavy atom. The van der Waals surface area contributed by atoms with E-state index in [1.807, 2.05) is 38.1 Å². The number of aliphatic hydroxyl groups excluding tert-OH is 1. The van der Waals surface area contributed by atoms with E-state index in [1.54, 1.807) is 0 Å². The molecule has 0 spiro atoms. The van der Waals surface area contributed by atoms with E-state index in [2.05, 4.69) is 21.7 Å². The molecule has 136 valence electrons. The Bertz CT molecular complexity index is 728. The van der Waals surface area contributed by atoms with Crippen LogP contribution in [0, 0.1) is 6.92 Å². The quantitative estimate of drug-likeness (QED) is 0.791. The summed E-state index contributed by atoms with van der Waals surface area (Å²) >= 11 is 0. The van der Waals surface area contributed by atoms with Gasteiger partial charge in [0.25, 0.3) is 0 Å². The van der Waals surface area contributed by atoms with Gasteiger partial charge in [-0.3, -0.25) is 14.6 Å². The Hall–Kier alpha value is -1.69. The van der Waals surface area contributed by atoms with Crippen LogP contribution in [0.15, 0.2) is 24.3 Å². The molecular weight excluding hydrogens is 314 g/mol. The number of hydrogen-bond donors (Lipinski definition) is 2. The Labute approximate surface area is 149 Å². The molecule has 2 heterocycles. The van der Waals surface area contributed by atoms with E-state index in [9.17, 15) is 9.90 Å². The number of ketones is 1. The number of carbonyl (C=O) groups excluding carboxylic acids is 1. The number of aliphatic hydroxyl groups is 1. The average molecular weight is 343 g/mol. The second-order valence-electron chi connectivity index (χ2n) is 7.03. The van der Waals surface area contributed by atoms with Crippen molar-refractivity contribution in [2.75, 3.05) is 32.8 Å². The van der Waals surface area contributed by atoms with Gasteiger partial charge in [-0.2, -0.15) is 0 Å². The van der Waals surface area contributed by atoms with Crippen molar-refractivity contribution in [3.63, 3.8) is 0 Å². The Kier molecular flexibility index (Phi) is 5.57. The minimum Gasteiger partial charge on any atom is -0.395 e. The number of hydrogen-bond acceptors (Lipinski definition) is 4. The first-order valence-electron chi connectivity index (χ1n) is 9.27. The summed E-state index contributed by atoms with van der Waals surface area (Å²) < 4.78 is 0. The fraction of sp³-hybridized carbons (Fsp3) is 0.550. The molecule has 2 N–H and O–H groups in total. The number of para-hydroxylation sites is 1. The molecule has 3 rings (SSSR count). The first kappa shape index (κ1) is 18.1. The van der Waals surface area contributed by atoms with Gasteiger partial charge in [0.15, 0.2) is 5.78 Å². The molecule has 25 heavy (non-hydrogen) atoms. The topological polar surface area (TPSA) is 59.6 Å². The summed E-state index contributed by atoms with van der Waals surface area (Å²) in [5, 5.41) is 10.5. The van der Waals surface area contributed by atoms with Gasteiger partial charge in [-0.1, -0.05) is 25.1 Å². The van der Waals surface area contributed by atoms with E-state index in [0.717, 1.165) is 54.8 Å². The first-order valence-corrected chi connectivity index (χ1v) is 9.27. The largest absolute Gasteiger partial charge is 0.395 e. The first-order chi connectivity index (χ1) is 12.1. The van der Waals surface area contributed by atoms with Crippen LogP contribution in [-0.2, 0) is 0 Å². The van der Waals surface area contributed by atoms with Crippen LogP contribution >= 0.6 is 0 Å². The predicted molar refractivity (Wildman–Crippen MR) is 101 cm³/mol. The minimum absolute atomic E-state index is 0.130. The molecule has 2 unspecified atom stereocenters. The molecule has 1 saturated heterocycles. The van der Waals surface area contributed by atoms with Crippen molar-refractivity contribution < 1.29 is 9.90 Å².